The predicted molar refractivity (Wildman–Crippen MR) is 103 cm³/mol. The van der Waals surface area contributed by atoms with Crippen molar-refractivity contribution in [1.82, 2.24) is 20.0 Å². The van der Waals surface area contributed by atoms with E-state index >= 15 is 0 Å². The molecule has 1 aliphatic rings. The van der Waals surface area contributed by atoms with Crippen molar-refractivity contribution in [2.75, 3.05) is 18.5 Å². The van der Waals surface area contributed by atoms with Crippen molar-refractivity contribution in [3.05, 3.63) is 47.4 Å². The smallest absolute Gasteiger partial charge is 0.213 e. The molecule has 0 aliphatic carbocycles. The Morgan fingerprint density at radius 1 is 1.33 bits per heavy atom. The number of anilines is 1. The summed E-state index contributed by atoms with van der Waals surface area (Å²) in [5.74, 6) is -0.0779. The Kier molecular flexibility index (Phi) is 5.31. The van der Waals surface area contributed by atoms with E-state index in [1.807, 2.05) is 24.3 Å². The number of hydrogen-bond donors (Lipinski definition) is 1. The highest BCUT2D eigenvalue weighted by Crippen LogP contribution is 2.24. The highest BCUT2D eigenvalue weighted by Gasteiger charge is 2.25. The van der Waals surface area contributed by atoms with Crippen LogP contribution in [0.5, 0.6) is 0 Å². The summed E-state index contributed by atoms with van der Waals surface area (Å²) in [6.07, 6.45) is 5.84. The van der Waals surface area contributed by atoms with Gasteiger partial charge in [-0.05, 0) is 43.5 Å². The summed E-state index contributed by atoms with van der Waals surface area (Å²) in [7, 11) is 0. The number of hydrogen-bond acceptors (Lipinski definition) is 6. The van der Waals surface area contributed by atoms with Crippen molar-refractivity contribution in [2.24, 2.45) is 0 Å². The van der Waals surface area contributed by atoms with Gasteiger partial charge in [-0.25, -0.2) is 0 Å². The summed E-state index contributed by atoms with van der Waals surface area (Å²) in [6, 6.07) is 7.56. The fourth-order valence-corrected chi connectivity index (χ4v) is 3.38. The zero-order valence-corrected chi connectivity index (χ0v) is 15.5. The van der Waals surface area contributed by atoms with Gasteiger partial charge in [-0.3, -0.25) is 14.5 Å². The van der Waals surface area contributed by atoms with Crippen LogP contribution >= 0.6 is 11.6 Å². The lowest BCUT2D eigenvalue weighted by Gasteiger charge is -2.20. The number of carbonyl (C=O) groups excluding carboxylic acids is 1. The van der Waals surface area contributed by atoms with Crippen LogP contribution in [-0.2, 0) is 11.3 Å². The second-order valence-electron chi connectivity index (χ2n) is 6.53. The second-order valence-corrected chi connectivity index (χ2v) is 6.97. The molecule has 3 heterocycles. The third-order valence-corrected chi connectivity index (χ3v) is 4.86. The minimum absolute atomic E-state index is 0.0779. The maximum Gasteiger partial charge on any atom is 0.213 e. The van der Waals surface area contributed by atoms with Crippen LogP contribution in [0.1, 0.15) is 29.8 Å². The van der Waals surface area contributed by atoms with Gasteiger partial charge in [-0.15, -0.1) is 5.10 Å². The fourth-order valence-electron chi connectivity index (χ4n) is 3.21. The normalized spacial score (nSPS) is 17.1. The molecule has 0 spiro atoms. The van der Waals surface area contributed by atoms with Crippen LogP contribution in [0, 0.1) is 0 Å². The first-order valence-electron chi connectivity index (χ1n) is 9.05. The lowest BCUT2D eigenvalue weighted by molar-refractivity contribution is 0.0183. The summed E-state index contributed by atoms with van der Waals surface area (Å²) >= 11 is 6.02. The van der Waals surface area contributed by atoms with Crippen LogP contribution in [-0.4, -0.2) is 45.0 Å². The zero-order chi connectivity index (χ0) is 18.6. The summed E-state index contributed by atoms with van der Waals surface area (Å²) in [6.45, 7) is 1.86. The number of rotatable bonds is 6. The molecular formula is C19H20ClN5O2. The molecule has 0 radical (unpaired) electrons. The molecule has 7 nitrogen and oxygen atoms in total. The van der Waals surface area contributed by atoms with Crippen LogP contribution in [0.3, 0.4) is 0 Å². The number of fused-ring (bicyclic) bond motifs is 1. The molecule has 0 saturated carbocycles. The molecular weight excluding hydrogens is 366 g/mol. The summed E-state index contributed by atoms with van der Waals surface area (Å²) in [5.41, 5.74) is 2.18. The van der Waals surface area contributed by atoms with Gasteiger partial charge in [-0.1, -0.05) is 16.8 Å². The van der Waals surface area contributed by atoms with Crippen LogP contribution in [0.4, 0.5) is 5.69 Å². The van der Waals surface area contributed by atoms with Crippen molar-refractivity contribution in [3.8, 4) is 0 Å². The maximum atomic E-state index is 12.4. The second kappa shape index (κ2) is 8.02. The molecule has 1 atom stereocenters. The highest BCUT2D eigenvalue weighted by molar-refractivity contribution is 6.31. The summed E-state index contributed by atoms with van der Waals surface area (Å²) in [4.78, 5) is 16.7. The lowest BCUT2D eigenvalue weighted by atomic mass is 10.0. The number of benzene rings is 1. The van der Waals surface area contributed by atoms with E-state index in [-0.39, 0.29) is 11.9 Å². The largest absolute Gasteiger partial charge is 0.383 e. The van der Waals surface area contributed by atoms with E-state index in [0.717, 1.165) is 35.9 Å². The van der Waals surface area contributed by atoms with Gasteiger partial charge in [0.2, 0.25) is 5.78 Å². The third-order valence-electron chi connectivity index (χ3n) is 4.62. The molecule has 1 fully saturated rings. The first kappa shape index (κ1) is 17.9. The standard InChI is InChI=1S/C19H20ClN5O2/c20-13-4-5-14-15(6-7-21-16(14)11-13)22-8-9-25-12-17(23-24-25)19(26)18-3-1-2-10-27-18/h4-7,11-12,18H,1-3,8-10H2,(H,21,22). The monoisotopic (exact) mass is 385 g/mol. The number of nitrogens with zero attached hydrogens (tertiary/aromatic N) is 4. The molecule has 4 rings (SSSR count). The number of halogens is 1. The Morgan fingerprint density at radius 2 is 2.26 bits per heavy atom. The van der Waals surface area contributed by atoms with E-state index in [2.05, 4.69) is 20.6 Å². The number of carbonyl (C=O) groups is 1. The third kappa shape index (κ3) is 4.09. The van der Waals surface area contributed by atoms with E-state index in [1.54, 1.807) is 17.1 Å². The summed E-state index contributed by atoms with van der Waals surface area (Å²) < 4.78 is 7.21. The first-order valence-corrected chi connectivity index (χ1v) is 9.42. The van der Waals surface area contributed by atoms with Crippen molar-refractivity contribution in [1.29, 1.82) is 0 Å². The molecule has 1 N–H and O–H groups in total. The number of ketones is 1. The topological polar surface area (TPSA) is 81.9 Å². The molecule has 0 bridgehead atoms. The molecule has 8 heteroatoms. The number of nitrogens with one attached hydrogen (secondary N) is 1. The summed E-state index contributed by atoms with van der Waals surface area (Å²) in [5, 5.41) is 13.1. The van der Waals surface area contributed by atoms with Crippen molar-refractivity contribution < 1.29 is 9.53 Å². The number of Topliss-reactive ketones (excluding diaryl/α,β-unsaturated/α-hetero) is 1. The zero-order valence-electron chi connectivity index (χ0n) is 14.8. The van der Waals surface area contributed by atoms with Crippen LogP contribution in [0.15, 0.2) is 36.7 Å². The lowest BCUT2D eigenvalue weighted by Crippen LogP contribution is -2.28. The molecule has 140 valence electrons. The SMILES string of the molecule is O=C(c1cn(CCNc2ccnc3cc(Cl)ccc23)nn1)C1CCCCO1. The van der Waals surface area contributed by atoms with Crippen molar-refractivity contribution in [2.45, 2.75) is 31.9 Å². The molecule has 1 unspecified atom stereocenters. The number of pyridine rings is 1. The van der Waals surface area contributed by atoms with Gasteiger partial charge >= 0.3 is 0 Å². The van der Waals surface area contributed by atoms with Gasteiger partial charge < -0.3 is 10.1 Å². The Balaban J connectivity index is 1.37. The van der Waals surface area contributed by atoms with Crippen molar-refractivity contribution >= 4 is 34.0 Å². The Hall–Kier alpha value is -2.51. The van der Waals surface area contributed by atoms with Gasteiger partial charge in [0.1, 0.15) is 6.10 Å². The van der Waals surface area contributed by atoms with E-state index in [1.165, 1.54) is 0 Å². The van der Waals surface area contributed by atoms with Gasteiger partial charge in [0.25, 0.3) is 0 Å². The Labute approximate surface area is 161 Å². The van der Waals surface area contributed by atoms with Gasteiger partial charge in [-0.2, -0.15) is 0 Å². The van der Waals surface area contributed by atoms with Gasteiger partial charge in [0.05, 0.1) is 18.3 Å². The van der Waals surface area contributed by atoms with Crippen LogP contribution in [0.25, 0.3) is 10.9 Å². The molecule has 3 aromatic rings. The van der Waals surface area contributed by atoms with Gasteiger partial charge in [0, 0.05) is 35.4 Å². The Morgan fingerprint density at radius 3 is 3.11 bits per heavy atom. The van der Waals surface area contributed by atoms with E-state index in [0.29, 0.717) is 30.4 Å². The van der Waals surface area contributed by atoms with Gasteiger partial charge in [0.15, 0.2) is 5.69 Å². The number of aromatic nitrogens is 4. The highest BCUT2D eigenvalue weighted by atomic mass is 35.5. The average molecular weight is 386 g/mol. The number of ether oxygens (including phenoxy) is 1. The maximum absolute atomic E-state index is 12.4. The van der Waals surface area contributed by atoms with Crippen LogP contribution < -0.4 is 5.32 Å². The Bertz CT molecular complexity index is 952. The molecule has 2 aromatic heterocycles. The quantitative estimate of drug-likeness (QED) is 0.655. The minimum atomic E-state index is -0.378. The van der Waals surface area contributed by atoms with Crippen molar-refractivity contribution in [3.63, 3.8) is 0 Å². The van der Waals surface area contributed by atoms with E-state index in [9.17, 15) is 4.79 Å². The molecule has 1 aliphatic heterocycles. The molecule has 1 aromatic carbocycles. The predicted octanol–water partition coefficient (Wildman–Crippen LogP) is 3.34. The van der Waals surface area contributed by atoms with E-state index in [4.69, 9.17) is 16.3 Å². The average Bonchev–Trinajstić information content (AvgIpc) is 3.17. The fraction of sp³-hybridized carbons (Fsp3) is 0.368. The molecule has 1 saturated heterocycles. The van der Waals surface area contributed by atoms with E-state index < -0.39 is 0 Å². The first-order chi connectivity index (χ1) is 13.2. The molecule has 27 heavy (non-hydrogen) atoms. The minimum Gasteiger partial charge on any atom is -0.383 e. The van der Waals surface area contributed by atoms with Crippen LogP contribution in [0.2, 0.25) is 5.02 Å². The molecule has 0 amide bonds.